The van der Waals surface area contributed by atoms with Crippen molar-refractivity contribution in [3.05, 3.63) is 42.2 Å². The first kappa shape index (κ1) is 14.9. The summed E-state index contributed by atoms with van der Waals surface area (Å²) < 4.78 is 2.07. The predicted molar refractivity (Wildman–Crippen MR) is 95.8 cm³/mol. The highest BCUT2D eigenvalue weighted by Crippen LogP contribution is 2.36. The molecule has 24 heavy (non-hydrogen) atoms. The number of phenols is 1. The Balaban J connectivity index is 1.95. The summed E-state index contributed by atoms with van der Waals surface area (Å²) in [5.41, 5.74) is 3.58. The minimum absolute atomic E-state index is 0.0315. The number of nitrogens with zero attached hydrogens (tertiary/aromatic N) is 3. The Bertz CT molecular complexity index is 1040. The first-order valence-corrected chi connectivity index (χ1v) is 8.41. The van der Waals surface area contributed by atoms with E-state index in [1.165, 1.54) is 0 Å². The molecule has 3 N–H and O–H groups in total. The van der Waals surface area contributed by atoms with Gasteiger partial charge in [-0.2, -0.15) is 0 Å². The van der Waals surface area contributed by atoms with E-state index >= 15 is 0 Å². The van der Waals surface area contributed by atoms with Gasteiger partial charge in [0.25, 0.3) is 0 Å². The van der Waals surface area contributed by atoms with Crippen molar-refractivity contribution in [2.45, 2.75) is 6.92 Å². The number of phenolic OH excluding ortho intramolecular Hbond substituents is 1. The van der Waals surface area contributed by atoms with Crippen LogP contribution in [0.2, 0.25) is 0 Å². The predicted octanol–water partition coefficient (Wildman–Crippen LogP) is 3.03. The lowest BCUT2D eigenvalue weighted by Gasteiger charge is -2.06. The van der Waals surface area contributed by atoms with Gasteiger partial charge in [0.05, 0.1) is 6.61 Å². The molecule has 6 nitrogen and oxygen atoms in total. The van der Waals surface area contributed by atoms with E-state index in [2.05, 4.69) is 19.7 Å². The van der Waals surface area contributed by atoms with Gasteiger partial charge in [-0.3, -0.25) is 4.40 Å². The van der Waals surface area contributed by atoms with Crippen LogP contribution in [0.15, 0.2) is 36.5 Å². The van der Waals surface area contributed by atoms with Gasteiger partial charge < -0.3 is 15.5 Å². The first-order chi connectivity index (χ1) is 11.7. The zero-order valence-corrected chi connectivity index (χ0v) is 13.8. The number of aromatic nitrogens is 3. The van der Waals surface area contributed by atoms with Crippen molar-refractivity contribution in [2.24, 2.45) is 0 Å². The second kappa shape index (κ2) is 5.77. The summed E-state index contributed by atoms with van der Waals surface area (Å²) >= 11 is 1.61. The lowest BCUT2D eigenvalue weighted by atomic mass is 10.2. The molecule has 0 aliphatic heterocycles. The quantitative estimate of drug-likeness (QED) is 0.532. The molecule has 122 valence electrons. The Kier molecular flexibility index (Phi) is 3.59. The highest BCUT2D eigenvalue weighted by atomic mass is 32.1. The molecular formula is C17H16N4O2S. The van der Waals surface area contributed by atoms with E-state index in [-0.39, 0.29) is 12.4 Å². The van der Waals surface area contributed by atoms with E-state index in [1.807, 2.05) is 31.3 Å². The van der Waals surface area contributed by atoms with Gasteiger partial charge in [-0.25, -0.2) is 9.97 Å². The molecule has 3 aromatic heterocycles. The topological polar surface area (TPSA) is 82.7 Å². The number of aryl methyl sites for hydroxylation is 1. The van der Waals surface area contributed by atoms with Crippen molar-refractivity contribution >= 4 is 33.1 Å². The number of fused-ring (bicyclic) bond motifs is 3. The molecule has 0 saturated heterocycles. The number of hydrogen-bond acceptors (Lipinski definition) is 6. The minimum atomic E-state index is 0.0315. The van der Waals surface area contributed by atoms with Gasteiger partial charge in [0, 0.05) is 23.3 Å². The second-order valence-corrected chi connectivity index (χ2v) is 6.55. The summed E-state index contributed by atoms with van der Waals surface area (Å²) in [4.78, 5) is 11.1. The second-order valence-electron chi connectivity index (χ2n) is 5.52. The van der Waals surface area contributed by atoms with Crippen LogP contribution in [0.5, 0.6) is 5.75 Å². The lowest BCUT2D eigenvalue weighted by Crippen LogP contribution is -2.08. The number of rotatable bonds is 4. The molecule has 0 aliphatic rings. The molecule has 4 rings (SSSR count). The number of thiophene rings is 1. The molecule has 0 atom stereocenters. The molecule has 0 saturated carbocycles. The fourth-order valence-corrected chi connectivity index (χ4v) is 3.89. The number of anilines is 1. The number of aromatic hydroxyl groups is 1. The van der Waals surface area contributed by atoms with Gasteiger partial charge in [-0.1, -0.05) is 12.1 Å². The molecule has 0 unspecified atom stereocenters. The van der Waals surface area contributed by atoms with E-state index in [0.29, 0.717) is 12.4 Å². The van der Waals surface area contributed by atoms with Crippen molar-refractivity contribution in [3.8, 4) is 16.2 Å². The number of aliphatic hydroxyl groups is 1. The maximum Gasteiger partial charge on any atom is 0.181 e. The maximum absolute atomic E-state index is 9.71. The van der Waals surface area contributed by atoms with Gasteiger partial charge >= 0.3 is 0 Å². The van der Waals surface area contributed by atoms with Gasteiger partial charge in [-0.05, 0) is 30.7 Å². The smallest absolute Gasteiger partial charge is 0.181 e. The molecule has 4 aromatic rings. The molecule has 3 heterocycles. The van der Waals surface area contributed by atoms with Crippen molar-refractivity contribution in [2.75, 3.05) is 18.5 Å². The van der Waals surface area contributed by atoms with Crippen LogP contribution >= 0.6 is 11.3 Å². The molecule has 0 radical (unpaired) electrons. The van der Waals surface area contributed by atoms with Gasteiger partial charge in [0.2, 0.25) is 0 Å². The number of hydrogen-bond donors (Lipinski definition) is 3. The van der Waals surface area contributed by atoms with Crippen LogP contribution in [0.1, 0.15) is 5.69 Å². The fourth-order valence-electron chi connectivity index (χ4n) is 2.74. The molecule has 0 amide bonds. The summed E-state index contributed by atoms with van der Waals surface area (Å²) in [6.45, 7) is 2.45. The number of imidazole rings is 1. The molecule has 0 spiro atoms. The Labute approximate surface area is 142 Å². The van der Waals surface area contributed by atoms with Crippen LogP contribution in [-0.2, 0) is 0 Å². The zero-order chi connectivity index (χ0) is 16.7. The normalized spacial score (nSPS) is 11.4. The molecular weight excluding hydrogens is 324 g/mol. The van der Waals surface area contributed by atoms with Crippen LogP contribution < -0.4 is 5.32 Å². The van der Waals surface area contributed by atoms with Gasteiger partial charge in [0.1, 0.15) is 16.1 Å². The molecule has 7 heteroatoms. The third-order valence-electron chi connectivity index (χ3n) is 3.81. The average Bonchev–Trinajstić information content (AvgIpc) is 3.16. The first-order valence-electron chi connectivity index (χ1n) is 7.59. The van der Waals surface area contributed by atoms with E-state index in [0.717, 1.165) is 32.1 Å². The standard InChI is InChI=1S/C17H16N4O2S/c1-10-9-19-16-15(18-5-6-22)20-13-8-14(24-17(13)21(10)16)11-3-2-4-12(23)7-11/h2-4,7-9,22-23H,5-6H2,1H3,(H,18,20). The van der Waals surface area contributed by atoms with Crippen molar-refractivity contribution < 1.29 is 10.2 Å². The summed E-state index contributed by atoms with van der Waals surface area (Å²) in [5.74, 6) is 0.900. The van der Waals surface area contributed by atoms with E-state index < -0.39 is 0 Å². The van der Waals surface area contributed by atoms with Crippen molar-refractivity contribution in [3.63, 3.8) is 0 Å². The van der Waals surface area contributed by atoms with Crippen molar-refractivity contribution in [1.29, 1.82) is 0 Å². The van der Waals surface area contributed by atoms with Crippen LogP contribution in [-0.4, -0.2) is 37.7 Å². The Morgan fingerprint density at radius 1 is 1.29 bits per heavy atom. The van der Waals surface area contributed by atoms with E-state index in [1.54, 1.807) is 23.5 Å². The van der Waals surface area contributed by atoms with Gasteiger partial charge in [0.15, 0.2) is 11.5 Å². The maximum atomic E-state index is 9.71. The monoisotopic (exact) mass is 340 g/mol. The van der Waals surface area contributed by atoms with E-state index in [9.17, 15) is 5.11 Å². The van der Waals surface area contributed by atoms with Crippen LogP contribution in [0.25, 0.3) is 26.4 Å². The van der Waals surface area contributed by atoms with Crippen LogP contribution in [0.3, 0.4) is 0 Å². The third kappa shape index (κ3) is 2.38. The van der Waals surface area contributed by atoms with Crippen molar-refractivity contribution in [1.82, 2.24) is 14.4 Å². The van der Waals surface area contributed by atoms with Gasteiger partial charge in [-0.15, -0.1) is 11.3 Å². The minimum Gasteiger partial charge on any atom is -0.508 e. The Morgan fingerprint density at radius 2 is 2.17 bits per heavy atom. The van der Waals surface area contributed by atoms with Crippen LogP contribution in [0, 0.1) is 6.92 Å². The zero-order valence-electron chi connectivity index (χ0n) is 13.0. The largest absolute Gasteiger partial charge is 0.508 e. The summed E-state index contributed by atoms with van der Waals surface area (Å²) in [6, 6.07) is 9.21. The summed E-state index contributed by atoms with van der Waals surface area (Å²) in [5, 5.41) is 21.9. The Morgan fingerprint density at radius 3 is 2.96 bits per heavy atom. The SMILES string of the molecule is Cc1cnc2c(NCCO)nc3cc(-c4cccc(O)c4)sc3n12. The Hall–Kier alpha value is -2.64. The molecule has 0 aliphatic carbocycles. The molecule has 0 bridgehead atoms. The number of benzene rings is 1. The number of nitrogens with one attached hydrogen (secondary N) is 1. The fraction of sp³-hybridized carbons (Fsp3) is 0.176. The average molecular weight is 340 g/mol. The molecule has 0 fully saturated rings. The lowest BCUT2D eigenvalue weighted by molar-refractivity contribution is 0.311. The third-order valence-corrected chi connectivity index (χ3v) is 4.97. The summed E-state index contributed by atoms with van der Waals surface area (Å²) in [7, 11) is 0. The number of aliphatic hydroxyl groups excluding tert-OH is 1. The molecule has 1 aromatic carbocycles. The highest BCUT2D eigenvalue weighted by Gasteiger charge is 2.15. The summed E-state index contributed by atoms with van der Waals surface area (Å²) in [6.07, 6.45) is 1.81. The van der Waals surface area contributed by atoms with E-state index in [4.69, 9.17) is 5.11 Å². The van der Waals surface area contributed by atoms with Crippen LogP contribution in [0.4, 0.5) is 5.82 Å². The highest BCUT2D eigenvalue weighted by molar-refractivity contribution is 7.21.